The largest absolute Gasteiger partial charge is 0.332 e. The summed E-state index contributed by atoms with van der Waals surface area (Å²) in [5, 5.41) is 17.7. The van der Waals surface area contributed by atoms with E-state index >= 15 is 0 Å². The van der Waals surface area contributed by atoms with E-state index in [2.05, 4.69) is 10.4 Å². The Morgan fingerprint density at radius 2 is 1.89 bits per heavy atom. The van der Waals surface area contributed by atoms with Gasteiger partial charge in [-0.1, -0.05) is 17.7 Å². The maximum Gasteiger partial charge on any atom is 0.295 e. The fraction of sp³-hybridized carbons (Fsp3) is 0.118. The second-order valence-electron chi connectivity index (χ2n) is 5.69. The van der Waals surface area contributed by atoms with Gasteiger partial charge in [0.05, 0.1) is 21.2 Å². The van der Waals surface area contributed by atoms with Crippen LogP contribution in [0.15, 0.2) is 30.3 Å². The molecule has 1 N–H and O–H groups in total. The van der Waals surface area contributed by atoms with Crippen LogP contribution in [0.4, 0.5) is 30.4 Å². The topological polar surface area (TPSA) is 73.0 Å². The van der Waals surface area contributed by atoms with Crippen LogP contribution in [0.2, 0.25) is 5.02 Å². The number of para-hydroxylation sites is 1. The summed E-state index contributed by atoms with van der Waals surface area (Å²) in [4.78, 5) is 10.5. The number of aryl methyl sites for hydroxylation is 2. The molecule has 3 aromatic rings. The summed E-state index contributed by atoms with van der Waals surface area (Å²) in [6.07, 6.45) is 0. The molecular weight excluding hydrogens is 385 g/mol. The van der Waals surface area contributed by atoms with Crippen molar-refractivity contribution in [1.29, 1.82) is 0 Å². The minimum atomic E-state index is -0.942. The van der Waals surface area contributed by atoms with Crippen LogP contribution in [0.3, 0.4) is 0 Å². The lowest BCUT2D eigenvalue weighted by Gasteiger charge is -2.13. The second-order valence-corrected chi connectivity index (χ2v) is 6.10. The number of nitrogens with one attached hydrogen (secondary N) is 1. The van der Waals surface area contributed by atoms with Gasteiger partial charge in [-0.15, -0.1) is 0 Å². The maximum absolute atomic E-state index is 14.4. The van der Waals surface area contributed by atoms with Crippen molar-refractivity contribution in [2.75, 3.05) is 5.32 Å². The first-order valence-corrected chi connectivity index (χ1v) is 7.97. The molecule has 0 saturated heterocycles. The van der Waals surface area contributed by atoms with Gasteiger partial charge in [0.2, 0.25) is 0 Å². The van der Waals surface area contributed by atoms with E-state index in [1.54, 1.807) is 6.92 Å². The zero-order chi connectivity index (χ0) is 19.9. The van der Waals surface area contributed by atoms with Crippen LogP contribution in [0.1, 0.15) is 5.69 Å². The van der Waals surface area contributed by atoms with Crippen molar-refractivity contribution in [2.45, 2.75) is 6.92 Å². The Hall–Kier alpha value is -3.07. The van der Waals surface area contributed by atoms with E-state index in [0.717, 1.165) is 18.2 Å². The molecule has 0 radical (unpaired) electrons. The van der Waals surface area contributed by atoms with Crippen LogP contribution in [0, 0.1) is 34.5 Å². The summed E-state index contributed by atoms with van der Waals surface area (Å²) in [5.74, 6) is -2.61. The summed E-state index contributed by atoms with van der Waals surface area (Å²) >= 11 is 6.01. The van der Waals surface area contributed by atoms with E-state index in [0.29, 0.717) is 11.8 Å². The van der Waals surface area contributed by atoms with Crippen molar-refractivity contribution in [2.24, 2.45) is 7.05 Å². The van der Waals surface area contributed by atoms with Crippen LogP contribution in [0.5, 0.6) is 0 Å². The molecule has 140 valence electrons. The number of hydrogen-bond donors (Lipinski definition) is 1. The molecule has 0 aliphatic heterocycles. The predicted molar refractivity (Wildman–Crippen MR) is 94.6 cm³/mol. The number of anilines is 2. The number of aromatic nitrogens is 2. The molecule has 1 heterocycles. The smallest absolute Gasteiger partial charge is 0.295 e. The molecular formula is C17H12ClF3N4O2. The van der Waals surface area contributed by atoms with Gasteiger partial charge < -0.3 is 5.32 Å². The number of nitrogens with zero attached hydrogens (tertiary/aromatic N) is 3. The highest BCUT2D eigenvalue weighted by Gasteiger charge is 2.25. The molecule has 0 unspecified atom stereocenters. The van der Waals surface area contributed by atoms with E-state index in [1.807, 2.05) is 0 Å². The van der Waals surface area contributed by atoms with Gasteiger partial charge in [-0.3, -0.25) is 14.8 Å². The fourth-order valence-electron chi connectivity index (χ4n) is 2.79. The number of hydrogen-bond acceptors (Lipinski definition) is 4. The molecule has 0 spiro atoms. The molecule has 0 fully saturated rings. The quantitative estimate of drug-likeness (QED) is 0.491. The van der Waals surface area contributed by atoms with Crippen LogP contribution in [-0.2, 0) is 7.05 Å². The average molecular weight is 397 g/mol. The van der Waals surface area contributed by atoms with Gasteiger partial charge in [0.25, 0.3) is 5.69 Å². The Balaban J connectivity index is 2.23. The van der Waals surface area contributed by atoms with Crippen molar-refractivity contribution >= 4 is 28.8 Å². The second kappa shape index (κ2) is 6.92. The molecule has 0 atom stereocenters. The van der Waals surface area contributed by atoms with Crippen molar-refractivity contribution < 1.29 is 18.1 Å². The molecule has 0 bridgehead atoms. The Labute approximate surface area is 156 Å². The SMILES string of the molecule is Cc1nn(C)c(Nc2c(F)cccc2[N+](=O)[O-])c1-c1c(F)cc(F)cc1Cl. The highest BCUT2D eigenvalue weighted by molar-refractivity contribution is 6.33. The maximum atomic E-state index is 14.4. The number of halogens is 4. The highest BCUT2D eigenvalue weighted by Crippen LogP contribution is 2.40. The summed E-state index contributed by atoms with van der Waals surface area (Å²) in [6.45, 7) is 1.55. The zero-order valence-corrected chi connectivity index (χ0v) is 14.8. The first-order valence-electron chi connectivity index (χ1n) is 7.59. The third kappa shape index (κ3) is 3.33. The van der Waals surface area contributed by atoms with Gasteiger partial charge in [-0.05, 0) is 19.1 Å². The van der Waals surface area contributed by atoms with Gasteiger partial charge in [0, 0.05) is 24.7 Å². The van der Waals surface area contributed by atoms with E-state index in [1.165, 1.54) is 17.8 Å². The van der Waals surface area contributed by atoms with Crippen molar-refractivity contribution in [3.8, 4) is 11.1 Å². The number of rotatable bonds is 4. The first kappa shape index (κ1) is 18.7. The van der Waals surface area contributed by atoms with Gasteiger partial charge >= 0.3 is 0 Å². The third-order valence-corrected chi connectivity index (χ3v) is 4.21. The molecule has 6 nitrogen and oxygen atoms in total. The molecule has 0 amide bonds. The van der Waals surface area contributed by atoms with Crippen LogP contribution < -0.4 is 5.32 Å². The summed E-state index contributed by atoms with van der Waals surface area (Å²) in [7, 11) is 1.49. The van der Waals surface area contributed by atoms with Crippen molar-refractivity contribution in [3.63, 3.8) is 0 Å². The van der Waals surface area contributed by atoms with E-state index in [-0.39, 0.29) is 22.0 Å². The molecule has 3 rings (SSSR count). The molecule has 0 aliphatic rings. The van der Waals surface area contributed by atoms with E-state index in [4.69, 9.17) is 11.6 Å². The molecule has 0 saturated carbocycles. The number of nitro benzene ring substituents is 1. The Morgan fingerprint density at radius 1 is 1.19 bits per heavy atom. The van der Waals surface area contributed by atoms with Gasteiger partial charge in [-0.2, -0.15) is 5.10 Å². The summed E-state index contributed by atoms with van der Waals surface area (Å²) in [5.41, 5.74) is -0.620. The van der Waals surface area contributed by atoms with Gasteiger partial charge in [0.1, 0.15) is 17.5 Å². The normalized spacial score (nSPS) is 10.9. The van der Waals surface area contributed by atoms with Gasteiger partial charge in [0.15, 0.2) is 11.5 Å². The van der Waals surface area contributed by atoms with Crippen LogP contribution in [-0.4, -0.2) is 14.7 Å². The minimum Gasteiger partial charge on any atom is -0.332 e. The number of benzene rings is 2. The fourth-order valence-corrected chi connectivity index (χ4v) is 3.08. The van der Waals surface area contributed by atoms with Crippen LogP contribution in [0.25, 0.3) is 11.1 Å². The van der Waals surface area contributed by atoms with Crippen molar-refractivity contribution in [3.05, 3.63) is 68.6 Å². The molecule has 2 aromatic carbocycles. The minimum absolute atomic E-state index is 0.0631. The monoisotopic (exact) mass is 396 g/mol. The lowest BCUT2D eigenvalue weighted by atomic mass is 10.0. The lowest BCUT2D eigenvalue weighted by molar-refractivity contribution is -0.384. The highest BCUT2D eigenvalue weighted by atomic mass is 35.5. The summed E-state index contributed by atoms with van der Waals surface area (Å²) in [6, 6.07) is 4.96. The first-order chi connectivity index (χ1) is 12.7. The average Bonchev–Trinajstić information content (AvgIpc) is 2.82. The Bertz CT molecular complexity index is 1050. The summed E-state index contributed by atoms with van der Waals surface area (Å²) < 4.78 is 43.3. The molecule has 0 aliphatic carbocycles. The standard InChI is InChI=1S/C17H12ClF3N4O2/c1-8-14(15-10(18)6-9(19)7-12(15)21)17(24(2)23-8)22-16-11(20)4-3-5-13(16)25(26)27/h3-7,22H,1-2H3. The van der Waals surface area contributed by atoms with Crippen LogP contribution >= 0.6 is 11.6 Å². The number of nitro groups is 1. The predicted octanol–water partition coefficient (Wildman–Crippen LogP) is 5.12. The van der Waals surface area contributed by atoms with E-state index < -0.39 is 33.7 Å². The van der Waals surface area contributed by atoms with Crippen molar-refractivity contribution in [1.82, 2.24) is 9.78 Å². The third-order valence-electron chi connectivity index (χ3n) is 3.91. The van der Waals surface area contributed by atoms with E-state index in [9.17, 15) is 23.3 Å². The molecule has 10 heteroatoms. The zero-order valence-electron chi connectivity index (χ0n) is 14.1. The Morgan fingerprint density at radius 3 is 2.52 bits per heavy atom. The lowest BCUT2D eigenvalue weighted by Crippen LogP contribution is -2.05. The Kier molecular flexibility index (Phi) is 4.79. The molecule has 27 heavy (non-hydrogen) atoms. The van der Waals surface area contributed by atoms with Gasteiger partial charge in [-0.25, -0.2) is 13.2 Å². The molecule has 1 aromatic heterocycles.